The van der Waals surface area contributed by atoms with E-state index >= 15 is 0 Å². The van der Waals surface area contributed by atoms with Crippen molar-refractivity contribution in [3.05, 3.63) is 11.1 Å². The largest absolute Gasteiger partial charge is 0.459 e. The van der Waals surface area contributed by atoms with Gasteiger partial charge in [0.05, 0.1) is 5.92 Å². The third-order valence-electron chi connectivity index (χ3n) is 7.17. The summed E-state index contributed by atoms with van der Waals surface area (Å²) in [6, 6.07) is 0. The molecule has 0 radical (unpaired) electrons. The van der Waals surface area contributed by atoms with Crippen molar-refractivity contribution in [3.8, 4) is 0 Å². The zero-order valence-electron chi connectivity index (χ0n) is 18.7. The van der Waals surface area contributed by atoms with Crippen molar-refractivity contribution in [2.75, 3.05) is 0 Å². The molecule has 9 heteroatoms. The van der Waals surface area contributed by atoms with E-state index in [0.717, 1.165) is 6.92 Å². The number of hydrogen-bond acceptors (Lipinski definition) is 9. The minimum absolute atomic E-state index is 0.0246. The number of ketones is 1. The highest BCUT2D eigenvalue weighted by Gasteiger charge is 2.74. The van der Waals surface area contributed by atoms with E-state index in [-0.39, 0.29) is 29.8 Å². The van der Waals surface area contributed by atoms with Gasteiger partial charge in [0.2, 0.25) is 0 Å². The molecule has 0 amide bonds. The van der Waals surface area contributed by atoms with Gasteiger partial charge in [-0.2, -0.15) is 0 Å². The molecule has 2 fully saturated rings. The zero-order chi connectivity index (χ0) is 23.5. The second kappa shape index (κ2) is 7.41. The van der Waals surface area contributed by atoms with Gasteiger partial charge in [0.25, 0.3) is 0 Å². The fourth-order valence-electron chi connectivity index (χ4n) is 4.97. The maximum atomic E-state index is 12.7. The molecular weight excluding hydrogens is 408 g/mol. The monoisotopic (exact) mass is 438 g/mol. The van der Waals surface area contributed by atoms with Crippen LogP contribution in [0.2, 0.25) is 0 Å². The summed E-state index contributed by atoms with van der Waals surface area (Å²) < 4.78 is 16.7. The number of rotatable bonds is 4. The Hall–Kier alpha value is -2.26. The van der Waals surface area contributed by atoms with Crippen LogP contribution in [0.25, 0.3) is 0 Å². The summed E-state index contributed by atoms with van der Waals surface area (Å²) in [5.74, 6) is -3.79. The van der Waals surface area contributed by atoms with Crippen molar-refractivity contribution in [3.63, 3.8) is 0 Å². The van der Waals surface area contributed by atoms with Crippen LogP contribution in [-0.4, -0.2) is 62.9 Å². The van der Waals surface area contributed by atoms with Gasteiger partial charge in [-0.05, 0) is 38.3 Å². The van der Waals surface area contributed by atoms with E-state index in [1.807, 2.05) is 0 Å². The molecular formula is C22H30O9. The summed E-state index contributed by atoms with van der Waals surface area (Å²) >= 11 is 0. The van der Waals surface area contributed by atoms with Crippen LogP contribution in [0, 0.1) is 11.8 Å². The third-order valence-corrected chi connectivity index (χ3v) is 7.17. The molecule has 1 unspecified atom stereocenters. The zero-order valence-corrected chi connectivity index (χ0v) is 18.7. The second-order valence-corrected chi connectivity index (χ2v) is 9.29. The molecule has 3 rings (SSSR count). The van der Waals surface area contributed by atoms with E-state index in [0.29, 0.717) is 6.42 Å². The molecule has 0 bridgehead atoms. The number of allylic oxidation sites excluding steroid dienone is 1. The first-order chi connectivity index (χ1) is 14.2. The average Bonchev–Trinajstić information content (AvgIpc) is 3.03. The topological polar surface area (TPSA) is 136 Å². The Balaban J connectivity index is 2.23. The predicted molar refractivity (Wildman–Crippen MR) is 105 cm³/mol. The van der Waals surface area contributed by atoms with Gasteiger partial charge in [-0.25, -0.2) is 4.79 Å². The number of hydrogen-bond donors (Lipinski definition) is 2. The van der Waals surface area contributed by atoms with E-state index in [2.05, 4.69) is 0 Å². The molecule has 1 saturated carbocycles. The van der Waals surface area contributed by atoms with Crippen LogP contribution < -0.4 is 0 Å². The van der Waals surface area contributed by atoms with Crippen LogP contribution in [0.1, 0.15) is 60.8 Å². The Morgan fingerprint density at radius 3 is 2.42 bits per heavy atom. The third kappa shape index (κ3) is 3.29. The van der Waals surface area contributed by atoms with Crippen LogP contribution in [-0.2, 0) is 33.4 Å². The molecule has 1 heterocycles. The molecule has 172 valence electrons. The van der Waals surface area contributed by atoms with Crippen molar-refractivity contribution in [1.29, 1.82) is 0 Å². The molecule has 0 aromatic carbocycles. The van der Waals surface area contributed by atoms with Gasteiger partial charge in [-0.1, -0.05) is 13.8 Å². The first-order valence-corrected chi connectivity index (χ1v) is 10.5. The highest BCUT2D eigenvalue weighted by atomic mass is 16.6. The van der Waals surface area contributed by atoms with E-state index in [1.54, 1.807) is 27.7 Å². The lowest BCUT2D eigenvalue weighted by atomic mass is 9.75. The van der Waals surface area contributed by atoms with Crippen molar-refractivity contribution in [2.45, 2.75) is 89.8 Å². The second-order valence-electron chi connectivity index (χ2n) is 9.29. The summed E-state index contributed by atoms with van der Waals surface area (Å²) in [5.41, 5.74) is -5.61. The fourth-order valence-corrected chi connectivity index (χ4v) is 4.97. The Morgan fingerprint density at radius 1 is 1.26 bits per heavy atom. The summed E-state index contributed by atoms with van der Waals surface area (Å²) in [6.45, 7) is 8.89. The summed E-state index contributed by atoms with van der Waals surface area (Å²) in [7, 11) is 0. The Kier molecular flexibility index (Phi) is 5.59. The molecule has 3 aliphatic rings. The maximum Gasteiger partial charge on any atom is 0.341 e. The minimum Gasteiger partial charge on any atom is -0.459 e. The quantitative estimate of drug-likeness (QED) is 0.486. The molecule has 2 aliphatic carbocycles. The van der Waals surface area contributed by atoms with Crippen molar-refractivity contribution < 1.29 is 43.6 Å². The average molecular weight is 438 g/mol. The van der Waals surface area contributed by atoms with Gasteiger partial charge in [-0.3, -0.25) is 14.4 Å². The van der Waals surface area contributed by atoms with Gasteiger partial charge in [0.15, 0.2) is 23.1 Å². The van der Waals surface area contributed by atoms with Gasteiger partial charge >= 0.3 is 17.9 Å². The lowest BCUT2D eigenvalue weighted by Gasteiger charge is -2.41. The highest BCUT2D eigenvalue weighted by Crippen LogP contribution is 2.55. The summed E-state index contributed by atoms with van der Waals surface area (Å²) in [5, 5.41) is 22.8. The van der Waals surface area contributed by atoms with Crippen LogP contribution in [0.5, 0.6) is 0 Å². The molecule has 7 atom stereocenters. The predicted octanol–water partition coefficient (Wildman–Crippen LogP) is 0.983. The number of aliphatic hydroxyl groups is 2. The van der Waals surface area contributed by atoms with E-state index in [4.69, 9.17) is 14.2 Å². The van der Waals surface area contributed by atoms with Gasteiger partial charge in [-0.15, -0.1) is 0 Å². The Labute approximate surface area is 180 Å². The molecule has 1 saturated heterocycles. The Bertz CT molecular complexity index is 872. The molecule has 1 aliphatic heterocycles. The number of Topliss-reactive ketones (excluding diaryl/α,β-unsaturated/α-hetero) is 1. The standard InChI is InChI=1S/C22H30O9/c1-7-10(2)18(25)29-15-9-20(5,31-12(4)23)13-8-14(24)11(3)16(13)17-22(15,28)21(6,27)19(26)30-17/h10,13,15,17,27-28H,7-9H2,1-6H3/t10?,13-,15-,17-,20-,21+,22+/m0/s1. The van der Waals surface area contributed by atoms with Crippen LogP contribution in [0.15, 0.2) is 11.1 Å². The normalized spacial score (nSPS) is 40.6. The van der Waals surface area contributed by atoms with Gasteiger partial charge in [0.1, 0.15) is 11.7 Å². The summed E-state index contributed by atoms with van der Waals surface area (Å²) in [4.78, 5) is 49.7. The molecule has 0 aromatic rings. The number of carbonyl (C=O) groups excluding carboxylic acids is 4. The van der Waals surface area contributed by atoms with Crippen LogP contribution in [0.3, 0.4) is 0 Å². The van der Waals surface area contributed by atoms with E-state index in [1.165, 1.54) is 6.92 Å². The lowest BCUT2D eigenvalue weighted by molar-refractivity contribution is -0.212. The van der Waals surface area contributed by atoms with Gasteiger partial charge < -0.3 is 24.4 Å². The minimum atomic E-state index is -2.43. The number of esters is 3. The lowest BCUT2D eigenvalue weighted by Crippen LogP contribution is -2.64. The smallest absolute Gasteiger partial charge is 0.341 e. The van der Waals surface area contributed by atoms with Crippen molar-refractivity contribution in [2.24, 2.45) is 11.8 Å². The molecule has 9 nitrogen and oxygen atoms in total. The number of carbonyl (C=O) groups is 4. The fraction of sp³-hybridized carbons (Fsp3) is 0.727. The molecule has 2 N–H and O–H groups in total. The first-order valence-electron chi connectivity index (χ1n) is 10.5. The summed E-state index contributed by atoms with van der Waals surface area (Å²) in [6.07, 6.45) is -2.65. The van der Waals surface area contributed by atoms with Crippen LogP contribution >= 0.6 is 0 Å². The van der Waals surface area contributed by atoms with Crippen molar-refractivity contribution in [1.82, 2.24) is 0 Å². The maximum absolute atomic E-state index is 12.7. The molecule has 31 heavy (non-hydrogen) atoms. The van der Waals surface area contributed by atoms with Gasteiger partial charge in [0, 0.05) is 25.7 Å². The highest BCUT2D eigenvalue weighted by molar-refractivity contribution is 6.00. The molecule has 0 spiro atoms. The molecule has 0 aromatic heterocycles. The van der Waals surface area contributed by atoms with E-state index < -0.39 is 58.8 Å². The number of ether oxygens (including phenoxy) is 3. The van der Waals surface area contributed by atoms with Crippen molar-refractivity contribution >= 4 is 23.7 Å². The number of fused-ring (bicyclic) bond motifs is 3. The van der Waals surface area contributed by atoms with E-state index in [9.17, 15) is 29.4 Å². The first kappa shape index (κ1) is 23.4. The SMILES string of the molecule is CCC(C)C(=O)O[C@H]1C[C@](C)(OC(C)=O)[C@H]2CC(=O)C(C)=C2[C@@H]2OC(=O)[C@@](C)(O)[C@@]12O. The Morgan fingerprint density at radius 2 is 1.87 bits per heavy atom. The van der Waals surface area contributed by atoms with Crippen LogP contribution in [0.4, 0.5) is 0 Å².